The molecule has 0 aliphatic carbocycles. The van der Waals surface area contributed by atoms with Gasteiger partial charge in [0.1, 0.15) is 0 Å². The quantitative estimate of drug-likeness (QED) is 0.780. The predicted octanol–water partition coefficient (Wildman–Crippen LogP) is 2.17. The zero-order chi connectivity index (χ0) is 19.7. The first-order valence-corrected chi connectivity index (χ1v) is 13.0. The summed E-state index contributed by atoms with van der Waals surface area (Å²) < 4.78 is 30.3. The van der Waals surface area contributed by atoms with Gasteiger partial charge < -0.3 is 4.90 Å². The summed E-state index contributed by atoms with van der Waals surface area (Å²) in [4.78, 5) is 2.09. The first-order valence-electron chi connectivity index (χ1n) is 9.49. The molecule has 1 saturated heterocycles. The van der Waals surface area contributed by atoms with Gasteiger partial charge in [-0.25, -0.2) is 12.8 Å². The number of hydrogen-bond donors (Lipinski definition) is 1. The molecular formula is C21H30N2O2SSi. The molecule has 1 unspecified atom stereocenters. The van der Waals surface area contributed by atoms with Gasteiger partial charge in [-0.3, -0.25) is 0 Å². The van der Waals surface area contributed by atoms with E-state index in [0.717, 1.165) is 16.9 Å². The summed E-state index contributed by atoms with van der Waals surface area (Å²) >= 11 is 0. The van der Waals surface area contributed by atoms with Crippen molar-refractivity contribution in [2.45, 2.75) is 37.5 Å². The zero-order valence-corrected chi connectivity index (χ0v) is 18.5. The molecule has 1 aliphatic heterocycles. The summed E-state index contributed by atoms with van der Waals surface area (Å²) in [6, 6.07) is 20.3. The Morgan fingerprint density at radius 1 is 0.963 bits per heavy atom. The number of nitrogens with one attached hydrogen (secondary N) is 1. The molecule has 0 amide bonds. The van der Waals surface area contributed by atoms with Crippen molar-refractivity contribution in [3.8, 4) is 0 Å². The van der Waals surface area contributed by atoms with Crippen LogP contribution in [0.25, 0.3) is 0 Å². The van der Waals surface area contributed by atoms with Gasteiger partial charge in [-0.1, -0.05) is 81.4 Å². The zero-order valence-electron chi connectivity index (χ0n) is 16.6. The lowest BCUT2D eigenvalue weighted by atomic mass is 10.2. The SMILES string of the molecule is CN1CCC(S(=O)(=O)N[Si](c2ccccc2)(c2ccccc2)C(C)(C)C)C1. The molecule has 0 aromatic heterocycles. The average Bonchev–Trinajstić information content (AvgIpc) is 3.08. The first kappa shape index (κ1) is 20.3. The molecule has 0 spiro atoms. The van der Waals surface area contributed by atoms with E-state index in [1.807, 2.05) is 43.4 Å². The molecule has 1 fully saturated rings. The van der Waals surface area contributed by atoms with E-state index >= 15 is 0 Å². The normalized spacial score (nSPS) is 19.3. The van der Waals surface area contributed by atoms with E-state index in [-0.39, 0.29) is 10.3 Å². The number of hydrogen-bond acceptors (Lipinski definition) is 3. The van der Waals surface area contributed by atoms with E-state index in [4.69, 9.17) is 0 Å². The van der Waals surface area contributed by atoms with Gasteiger partial charge in [-0.05, 0) is 35.4 Å². The highest BCUT2D eigenvalue weighted by atomic mass is 32.2. The molecule has 0 saturated carbocycles. The van der Waals surface area contributed by atoms with Crippen LogP contribution < -0.4 is 14.8 Å². The van der Waals surface area contributed by atoms with Crippen LogP contribution in [-0.2, 0) is 10.0 Å². The molecule has 1 N–H and O–H groups in total. The fraction of sp³-hybridized carbons (Fsp3) is 0.429. The molecule has 0 radical (unpaired) electrons. The van der Waals surface area contributed by atoms with Gasteiger partial charge in [0.15, 0.2) is 0 Å². The minimum absolute atomic E-state index is 0.243. The van der Waals surface area contributed by atoms with Gasteiger partial charge in [0.25, 0.3) is 0 Å². The van der Waals surface area contributed by atoms with Crippen LogP contribution in [0.4, 0.5) is 0 Å². The van der Waals surface area contributed by atoms with Crippen LogP contribution >= 0.6 is 0 Å². The average molecular weight is 403 g/mol. The van der Waals surface area contributed by atoms with Crippen LogP contribution in [0.15, 0.2) is 60.7 Å². The van der Waals surface area contributed by atoms with Crippen molar-refractivity contribution in [3.05, 3.63) is 60.7 Å². The first-order chi connectivity index (χ1) is 12.7. The molecule has 1 heterocycles. The molecule has 27 heavy (non-hydrogen) atoms. The van der Waals surface area contributed by atoms with Crippen LogP contribution in [0.1, 0.15) is 27.2 Å². The molecule has 146 valence electrons. The number of likely N-dealkylation sites (tertiary alicyclic amines) is 1. The van der Waals surface area contributed by atoms with Crippen LogP contribution in [-0.4, -0.2) is 46.9 Å². The minimum Gasteiger partial charge on any atom is -0.305 e. The van der Waals surface area contributed by atoms with Crippen molar-refractivity contribution in [2.24, 2.45) is 0 Å². The van der Waals surface area contributed by atoms with Crippen LogP contribution in [0, 0.1) is 0 Å². The van der Waals surface area contributed by atoms with Crippen molar-refractivity contribution in [1.29, 1.82) is 0 Å². The van der Waals surface area contributed by atoms with E-state index in [1.54, 1.807) is 0 Å². The largest absolute Gasteiger partial charge is 0.305 e. The third kappa shape index (κ3) is 3.90. The summed E-state index contributed by atoms with van der Waals surface area (Å²) in [6.07, 6.45) is 0.685. The van der Waals surface area contributed by atoms with Crippen molar-refractivity contribution >= 4 is 28.6 Å². The molecule has 1 aliphatic rings. The Hall–Kier alpha value is -1.47. The summed E-state index contributed by atoms with van der Waals surface area (Å²) in [7, 11) is -4.31. The van der Waals surface area contributed by atoms with Crippen molar-refractivity contribution in [2.75, 3.05) is 20.1 Å². The lowest BCUT2D eigenvalue weighted by Gasteiger charge is -2.44. The van der Waals surface area contributed by atoms with E-state index in [0.29, 0.717) is 13.0 Å². The Bertz CT molecular complexity index is 825. The van der Waals surface area contributed by atoms with Crippen molar-refractivity contribution in [3.63, 3.8) is 0 Å². The Morgan fingerprint density at radius 3 is 1.81 bits per heavy atom. The summed E-state index contributed by atoms with van der Waals surface area (Å²) in [5.41, 5.74) is 0. The Kier molecular flexibility index (Phi) is 5.63. The lowest BCUT2D eigenvalue weighted by molar-refractivity contribution is 0.417. The molecule has 0 bridgehead atoms. The second-order valence-corrected chi connectivity index (χ2v) is 15.3. The molecule has 4 nitrogen and oxygen atoms in total. The number of sulfonamides is 1. The smallest absolute Gasteiger partial charge is 0.210 e. The number of benzene rings is 2. The predicted molar refractivity (Wildman–Crippen MR) is 116 cm³/mol. The highest BCUT2D eigenvalue weighted by Gasteiger charge is 2.52. The Labute approximate surface area is 164 Å². The molecule has 2 aromatic carbocycles. The lowest BCUT2D eigenvalue weighted by Crippen LogP contribution is -2.75. The van der Waals surface area contributed by atoms with Gasteiger partial charge in [-0.2, -0.15) is 0 Å². The van der Waals surface area contributed by atoms with E-state index < -0.39 is 18.3 Å². The maximum atomic E-state index is 13.5. The van der Waals surface area contributed by atoms with E-state index in [1.165, 1.54) is 0 Å². The van der Waals surface area contributed by atoms with Gasteiger partial charge in [0.05, 0.1) is 5.25 Å². The van der Waals surface area contributed by atoms with Crippen molar-refractivity contribution in [1.82, 2.24) is 9.29 Å². The molecule has 3 rings (SSSR count). The van der Waals surface area contributed by atoms with E-state index in [9.17, 15) is 8.42 Å². The molecule has 2 aromatic rings. The number of rotatable bonds is 5. The van der Waals surface area contributed by atoms with E-state index in [2.05, 4.69) is 54.3 Å². The summed E-state index contributed by atoms with van der Waals surface area (Å²) in [5.74, 6) is 0. The maximum Gasteiger partial charge on any atom is 0.210 e. The third-order valence-corrected chi connectivity index (χ3v) is 13.9. The Balaban J connectivity index is 2.18. The fourth-order valence-corrected chi connectivity index (χ4v) is 13.0. The van der Waals surface area contributed by atoms with Crippen LogP contribution in [0.2, 0.25) is 5.04 Å². The molecular weight excluding hydrogens is 372 g/mol. The second-order valence-electron chi connectivity index (χ2n) is 8.55. The third-order valence-electron chi connectivity index (χ3n) is 5.62. The molecule has 1 atom stereocenters. The van der Waals surface area contributed by atoms with Crippen LogP contribution in [0.3, 0.4) is 0 Å². The maximum absolute atomic E-state index is 13.5. The summed E-state index contributed by atoms with van der Waals surface area (Å²) in [6.45, 7) is 7.88. The standard InChI is InChI=1S/C21H30N2O2SSi/c1-21(2,3)27(19-11-7-5-8-12-19,20-13-9-6-10-14-20)22-26(24,25)18-15-16-23(4)17-18/h5-14,18,22H,15-17H2,1-4H3. The van der Waals surface area contributed by atoms with Gasteiger partial charge >= 0.3 is 0 Å². The highest BCUT2D eigenvalue weighted by molar-refractivity contribution is 7.91. The number of nitrogens with zero attached hydrogens (tertiary/aromatic N) is 1. The summed E-state index contributed by atoms with van der Waals surface area (Å²) in [5, 5.41) is 1.59. The molecule has 6 heteroatoms. The van der Waals surface area contributed by atoms with Crippen LogP contribution in [0.5, 0.6) is 0 Å². The van der Waals surface area contributed by atoms with Gasteiger partial charge in [-0.15, -0.1) is 0 Å². The van der Waals surface area contributed by atoms with Gasteiger partial charge in [0.2, 0.25) is 18.3 Å². The minimum atomic E-state index is -3.46. The highest BCUT2D eigenvalue weighted by Crippen LogP contribution is 2.35. The van der Waals surface area contributed by atoms with Gasteiger partial charge in [0, 0.05) is 6.54 Å². The monoisotopic (exact) mass is 402 g/mol. The topological polar surface area (TPSA) is 49.4 Å². The second kappa shape index (κ2) is 7.51. The fourth-order valence-electron chi connectivity index (χ4n) is 4.12. The van der Waals surface area contributed by atoms with Crippen molar-refractivity contribution < 1.29 is 8.42 Å². The Morgan fingerprint density at radius 2 is 1.44 bits per heavy atom.